The van der Waals surface area contributed by atoms with Crippen LogP contribution in [0.3, 0.4) is 0 Å². The number of rotatable bonds is 2. The minimum absolute atomic E-state index is 0.0541. The van der Waals surface area contributed by atoms with Gasteiger partial charge < -0.3 is 9.42 Å². The van der Waals surface area contributed by atoms with Gasteiger partial charge in [0.25, 0.3) is 0 Å². The van der Waals surface area contributed by atoms with Gasteiger partial charge in [0.15, 0.2) is 5.82 Å². The summed E-state index contributed by atoms with van der Waals surface area (Å²) in [6.45, 7) is 11.3. The van der Waals surface area contributed by atoms with Crippen LogP contribution in [0.25, 0.3) is 0 Å². The number of carbonyl (C=O) groups is 2. The third kappa shape index (κ3) is 2.87. The van der Waals surface area contributed by atoms with E-state index in [1.807, 2.05) is 41.5 Å². The summed E-state index contributed by atoms with van der Waals surface area (Å²) in [5, 5.41) is 6.30. The highest BCUT2D eigenvalue weighted by Gasteiger charge is 2.58. The molecule has 0 aliphatic carbocycles. The Morgan fingerprint density at radius 3 is 2.21 bits per heavy atom. The molecule has 0 aromatic carbocycles. The second-order valence-corrected chi connectivity index (χ2v) is 13.3. The molecule has 1 aromatic heterocycles. The fraction of sp³-hybridized carbons (Fsp3) is 0.688. The number of aryl methyl sites for hydroxylation is 1. The number of amides is 2. The van der Waals surface area contributed by atoms with Gasteiger partial charge in [-0.15, -0.1) is 0 Å². The summed E-state index contributed by atoms with van der Waals surface area (Å²) >= 11 is 0. The zero-order valence-electron chi connectivity index (χ0n) is 15.5. The Balaban J connectivity index is 2.55. The van der Waals surface area contributed by atoms with Crippen molar-refractivity contribution < 1.29 is 13.7 Å². The fourth-order valence-electron chi connectivity index (χ4n) is 3.57. The molecule has 1 saturated heterocycles. The summed E-state index contributed by atoms with van der Waals surface area (Å²) in [5.41, 5.74) is 0. The molecule has 1 N–H and O–H groups in total. The third-order valence-electron chi connectivity index (χ3n) is 4.60. The second-order valence-electron chi connectivity index (χ2n) is 8.43. The van der Waals surface area contributed by atoms with Gasteiger partial charge in [-0.05, 0) is 10.1 Å². The maximum absolute atomic E-state index is 16.4. The van der Waals surface area contributed by atoms with E-state index in [9.17, 15) is 9.59 Å². The zero-order chi connectivity index (χ0) is 18.5. The van der Waals surface area contributed by atoms with Gasteiger partial charge in [-0.25, -0.2) is 0 Å². The Kier molecular flexibility index (Phi) is 4.41. The molecule has 2 amide bonds. The van der Waals surface area contributed by atoms with Crippen LogP contribution >= 0.6 is 0 Å². The van der Waals surface area contributed by atoms with Crippen LogP contribution in [0.15, 0.2) is 6.07 Å². The average molecular weight is 355 g/mol. The standard InChI is InChI=1S/C16H27FN4O2Si/c1-15(2,3)24(17,16(4,5)6)14-8-11(19-20(14)7)21-10-12(22)18-9-13(21)23/h8H,9-10H2,1-7H3,(H,18,22). The molecule has 6 nitrogen and oxygen atoms in total. The number of anilines is 1. The van der Waals surface area contributed by atoms with E-state index in [0.717, 1.165) is 0 Å². The van der Waals surface area contributed by atoms with Crippen molar-refractivity contribution in [1.29, 1.82) is 0 Å². The SMILES string of the molecule is Cn1nc(N2CC(=O)NCC2=O)cc1[Si](F)(C(C)(C)C)C(C)(C)C. The minimum atomic E-state index is -3.49. The van der Waals surface area contributed by atoms with Gasteiger partial charge in [0.05, 0.1) is 11.9 Å². The molecule has 134 valence electrons. The summed E-state index contributed by atoms with van der Waals surface area (Å²) < 4.78 is 18.0. The van der Waals surface area contributed by atoms with Crippen LogP contribution in [0.5, 0.6) is 0 Å². The fourth-order valence-corrected chi connectivity index (χ4v) is 8.18. The average Bonchev–Trinajstić information content (AvgIpc) is 2.80. The molecule has 1 fully saturated rings. The highest BCUT2D eigenvalue weighted by atomic mass is 28.4. The van der Waals surface area contributed by atoms with Crippen LogP contribution in [0.2, 0.25) is 10.1 Å². The van der Waals surface area contributed by atoms with Crippen LogP contribution in [0, 0.1) is 0 Å². The molecule has 2 rings (SSSR count). The van der Waals surface area contributed by atoms with Crippen molar-refractivity contribution in [2.75, 3.05) is 18.0 Å². The Morgan fingerprint density at radius 1 is 1.17 bits per heavy atom. The molecule has 1 aromatic rings. The summed E-state index contributed by atoms with van der Waals surface area (Å²) in [6.07, 6.45) is 0. The molecule has 0 unspecified atom stereocenters. The molecular weight excluding hydrogens is 327 g/mol. The molecule has 24 heavy (non-hydrogen) atoms. The van der Waals surface area contributed by atoms with Crippen LogP contribution in [0.4, 0.5) is 9.93 Å². The maximum atomic E-state index is 16.4. The number of carbonyl (C=O) groups excluding carboxylic acids is 2. The lowest BCUT2D eigenvalue weighted by Crippen LogP contribution is -2.60. The Labute approximate surface area is 143 Å². The molecule has 0 atom stereocenters. The predicted molar refractivity (Wildman–Crippen MR) is 94.5 cm³/mol. The Bertz CT molecular complexity index is 659. The third-order valence-corrected chi connectivity index (χ3v) is 9.91. The Hall–Kier alpha value is -1.70. The van der Waals surface area contributed by atoms with E-state index < -0.39 is 18.5 Å². The van der Waals surface area contributed by atoms with Crippen LogP contribution in [0.1, 0.15) is 41.5 Å². The Morgan fingerprint density at radius 2 is 1.71 bits per heavy atom. The number of hydrogen-bond acceptors (Lipinski definition) is 3. The highest BCUT2D eigenvalue weighted by Crippen LogP contribution is 2.51. The smallest absolute Gasteiger partial charge is 0.305 e. The first-order chi connectivity index (χ1) is 10.8. The van der Waals surface area contributed by atoms with Crippen molar-refractivity contribution >= 4 is 31.4 Å². The van der Waals surface area contributed by atoms with Crippen molar-refractivity contribution in [2.45, 2.75) is 51.6 Å². The summed E-state index contributed by atoms with van der Waals surface area (Å²) in [6, 6.07) is 1.65. The maximum Gasteiger partial charge on any atom is 0.305 e. The molecule has 0 spiro atoms. The van der Waals surface area contributed by atoms with Gasteiger partial charge in [0.1, 0.15) is 6.54 Å². The lowest BCUT2D eigenvalue weighted by Gasteiger charge is -2.44. The van der Waals surface area contributed by atoms with E-state index in [0.29, 0.717) is 11.1 Å². The van der Waals surface area contributed by atoms with Gasteiger partial charge in [-0.3, -0.25) is 19.2 Å². The van der Waals surface area contributed by atoms with E-state index in [2.05, 4.69) is 10.4 Å². The van der Waals surface area contributed by atoms with Crippen molar-refractivity contribution in [3.63, 3.8) is 0 Å². The van der Waals surface area contributed by atoms with Gasteiger partial charge >= 0.3 is 8.41 Å². The van der Waals surface area contributed by atoms with Crippen molar-refractivity contribution in [3.8, 4) is 0 Å². The van der Waals surface area contributed by atoms with E-state index in [1.54, 1.807) is 13.1 Å². The van der Waals surface area contributed by atoms with Crippen molar-refractivity contribution in [2.24, 2.45) is 7.05 Å². The number of halogens is 1. The van der Waals surface area contributed by atoms with Crippen molar-refractivity contribution in [3.05, 3.63) is 6.07 Å². The number of hydrogen-bond donors (Lipinski definition) is 1. The van der Waals surface area contributed by atoms with E-state index in [1.165, 1.54) is 9.58 Å². The zero-order valence-corrected chi connectivity index (χ0v) is 16.5. The quantitative estimate of drug-likeness (QED) is 0.648. The molecule has 1 aliphatic heterocycles. The molecule has 2 heterocycles. The second kappa shape index (κ2) is 5.68. The van der Waals surface area contributed by atoms with Crippen LogP contribution in [-0.4, -0.2) is 43.1 Å². The molecule has 0 saturated carbocycles. The van der Waals surface area contributed by atoms with Gasteiger partial charge in [-0.2, -0.15) is 5.10 Å². The normalized spacial score (nSPS) is 17.2. The lowest BCUT2D eigenvalue weighted by molar-refractivity contribution is -0.128. The molecular formula is C16H27FN4O2Si. The first-order valence-corrected chi connectivity index (χ1v) is 9.97. The van der Waals surface area contributed by atoms with E-state index in [4.69, 9.17) is 0 Å². The molecule has 0 bridgehead atoms. The highest BCUT2D eigenvalue weighted by molar-refractivity contribution is 6.90. The first-order valence-electron chi connectivity index (χ1n) is 8.09. The van der Waals surface area contributed by atoms with Crippen LogP contribution < -0.4 is 15.5 Å². The monoisotopic (exact) mass is 354 g/mol. The summed E-state index contributed by atoms with van der Waals surface area (Å²) in [4.78, 5) is 25.0. The minimum Gasteiger partial charge on any atom is -0.345 e. The van der Waals surface area contributed by atoms with Gasteiger partial charge in [0, 0.05) is 13.1 Å². The molecule has 0 radical (unpaired) electrons. The van der Waals surface area contributed by atoms with Gasteiger partial charge in [-0.1, -0.05) is 41.5 Å². The van der Waals surface area contributed by atoms with E-state index >= 15 is 4.11 Å². The lowest BCUT2D eigenvalue weighted by atomic mass is 10.2. The predicted octanol–water partition coefficient (Wildman–Crippen LogP) is 1.61. The number of aromatic nitrogens is 2. The number of nitrogens with one attached hydrogen (secondary N) is 1. The summed E-state index contributed by atoms with van der Waals surface area (Å²) in [5.74, 6) is -0.135. The first kappa shape index (κ1) is 18.6. The van der Waals surface area contributed by atoms with E-state index in [-0.39, 0.29) is 24.9 Å². The number of piperazine rings is 1. The van der Waals surface area contributed by atoms with Gasteiger partial charge in [0.2, 0.25) is 11.8 Å². The number of nitrogens with zero attached hydrogens (tertiary/aromatic N) is 3. The molecule has 8 heteroatoms. The summed E-state index contributed by atoms with van der Waals surface area (Å²) in [7, 11) is -1.79. The topological polar surface area (TPSA) is 67.2 Å². The largest absolute Gasteiger partial charge is 0.345 e. The molecule has 1 aliphatic rings. The van der Waals surface area contributed by atoms with Crippen LogP contribution in [-0.2, 0) is 16.6 Å². The van der Waals surface area contributed by atoms with Crippen molar-refractivity contribution in [1.82, 2.24) is 15.1 Å².